The zero-order chi connectivity index (χ0) is 22.5. The second kappa shape index (κ2) is 9.66. The molecule has 0 bridgehead atoms. The summed E-state index contributed by atoms with van der Waals surface area (Å²) in [4.78, 5) is 26.2. The maximum atomic E-state index is 12.7. The normalized spacial score (nSPS) is 14.4. The van der Waals surface area contributed by atoms with Gasteiger partial charge in [0.15, 0.2) is 0 Å². The number of halogens is 1. The first-order valence-corrected chi connectivity index (χ1v) is 10.9. The minimum Gasteiger partial charge on any atom is -0.488 e. The third-order valence-corrected chi connectivity index (χ3v) is 5.78. The van der Waals surface area contributed by atoms with Crippen LogP contribution in [0.15, 0.2) is 78.5 Å². The monoisotopic (exact) mass is 535 g/mol. The zero-order valence-corrected chi connectivity index (χ0v) is 19.1. The molecule has 158 valence electrons. The number of amides is 3. The molecule has 3 amide bonds. The van der Waals surface area contributed by atoms with Crippen molar-refractivity contribution >= 4 is 40.6 Å². The van der Waals surface area contributed by atoms with Crippen molar-refractivity contribution in [3.63, 3.8) is 0 Å². The third-order valence-electron chi connectivity index (χ3n) is 4.93. The highest BCUT2D eigenvalue weighted by Crippen LogP contribution is 2.25. The molecule has 0 saturated carbocycles. The van der Waals surface area contributed by atoms with Crippen molar-refractivity contribution in [2.24, 2.45) is 0 Å². The summed E-state index contributed by atoms with van der Waals surface area (Å²) in [6, 6.07) is 23.9. The average Bonchev–Trinajstić information content (AvgIpc) is 3.06. The lowest BCUT2D eigenvalue weighted by Crippen LogP contribution is -2.30. The van der Waals surface area contributed by atoms with E-state index in [9.17, 15) is 14.9 Å². The Bertz CT molecular complexity index is 1250. The van der Waals surface area contributed by atoms with E-state index in [-0.39, 0.29) is 24.8 Å². The van der Waals surface area contributed by atoms with Gasteiger partial charge in [-0.15, -0.1) is 0 Å². The smallest absolute Gasteiger partial charge is 0.329 e. The molecular formula is C25H18IN3O3. The second-order valence-electron chi connectivity index (χ2n) is 7.11. The summed E-state index contributed by atoms with van der Waals surface area (Å²) in [5.74, 6) is 0.315. The quantitative estimate of drug-likeness (QED) is 0.279. The molecule has 1 heterocycles. The molecule has 0 spiro atoms. The van der Waals surface area contributed by atoms with E-state index < -0.39 is 6.03 Å². The second-order valence-corrected chi connectivity index (χ2v) is 8.27. The van der Waals surface area contributed by atoms with Crippen molar-refractivity contribution in [3.05, 3.63) is 104 Å². The van der Waals surface area contributed by atoms with E-state index in [0.717, 1.165) is 20.3 Å². The van der Waals surface area contributed by atoms with Crippen LogP contribution in [-0.2, 0) is 17.9 Å². The average molecular weight is 535 g/mol. The van der Waals surface area contributed by atoms with Crippen LogP contribution in [0.4, 0.5) is 4.79 Å². The topological polar surface area (TPSA) is 82.4 Å². The van der Waals surface area contributed by atoms with Crippen LogP contribution in [0.3, 0.4) is 0 Å². The summed E-state index contributed by atoms with van der Waals surface area (Å²) in [6.07, 6.45) is 1.65. The van der Waals surface area contributed by atoms with Gasteiger partial charge in [0.2, 0.25) is 0 Å². The lowest BCUT2D eigenvalue weighted by atomic mass is 10.1. The standard InChI is InChI=1S/C25H18IN3O3/c26-21-12-18(10-11-23(21)32-16-20-9-5-4-8-19(20)14-27)13-22-24(30)29(25(31)28-22)15-17-6-2-1-3-7-17/h1-13H,15-16H2,(H,28,31)/b22-13+. The molecule has 0 radical (unpaired) electrons. The van der Waals surface area contributed by atoms with Crippen LogP contribution in [0.25, 0.3) is 6.08 Å². The first-order chi connectivity index (χ1) is 15.5. The van der Waals surface area contributed by atoms with E-state index in [2.05, 4.69) is 34.0 Å². The molecule has 0 unspecified atom stereocenters. The zero-order valence-electron chi connectivity index (χ0n) is 16.9. The van der Waals surface area contributed by atoms with Crippen LogP contribution in [0.1, 0.15) is 22.3 Å². The number of carbonyl (C=O) groups is 2. The van der Waals surface area contributed by atoms with E-state index in [0.29, 0.717) is 11.3 Å². The Labute approximate surface area is 199 Å². The van der Waals surface area contributed by atoms with Gasteiger partial charge in [-0.3, -0.25) is 9.69 Å². The van der Waals surface area contributed by atoms with Crippen LogP contribution in [0.5, 0.6) is 5.75 Å². The molecule has 3 aromatic rings. The summed E-state index contributed by atoms with van der Waals surface area (Å²) in [6.45, 7) is 0.500. The van der Waals surface area contributed by atoms with Crippen LogP contribution in [0.2, 0.25) is 0 Å². The molecule has 4 rings (SSSR count). The molecule has 3 aromatic carbocycles. The Balaban J connectivity index is 1.46. The molecule has 7 heteroatoms. The highest BCUT2D eigenvalue weighted by atomic mass is 127. The van der Waals surface area contributed by atoms with E-state index in [1.165, 1.54) is 4.90 Å². The first-order valence-electron chi connectivity index (χ1n) is 9.84. The van der Waals surface area contributed by atoms with Gasteiger partial charge in [0.1, 0.15) is 18.1 Å². The number of nitrogens with one attached hydrogen (secondary N) is 1. The summed E-state index contributed by atoms with van der Waals surface area (Å²) < 4.78 is 6.74. The van der Waals surface area contributed by atoms with Crippen molar-refractivity contribution in [2.75, 3.05) is 0 Å². The van der Waals surface area contributed by atoms with Crippen molar-refractivity contribution in [1.29, 1.82) is 5.26 Å². The van der Waals surface area contributed by atoms with E-state index >= 15 is 0 Å². The Hall–Kier alpha value is -3.64. The minimum absolute atomic E-state index is 0.220. The third kappa shape index (κ3) is 4.81. The maximum Gasteiger partial charge on any atom is 0.329 e. The van der Waals surface area contributed by atoms with Crippen LogP contribution < -0.4 is 10.1 Å². The van der Waals surface area contributed by atoms with Crippen molar-refractivity contribution in [1.82, 2.24) is 10.2 Å². The van der Waals surface area contributed by atoms with Gasteiger partial charge in [0, 0.05) is 5.56 Å². The summed E-state index contributed by atoms with van der Waals surface area (Å²) >= 11 is 2.16. The Morgan fingerprint density at radius 2 is 1.78 bits per heavy atom. The van der Waals surface area contributed by atoms with Gasteiger partial charge in [-0.05, 0) is 58.0 Å². The lowest BCUT2D eigenvalue weighted by Gasteiger charge is -2.11. The number of ether oxygens (including phenoxy) is 1. The van der Waals surface area contributed by atoms with Gasteiger partial charge < -0.3 is 10.1 Å². The molecule has 1 aliphatic rings. The lowest BCUT2D eigenvalue weighted by molar-refractivity contribution is -0.123. The Kier molecular flexibility index (Phi) is 6.52. The first kappa shape index (κ1) is 21.6. The van der Waals surface area contributed by atoms with E-state index in [4.69, 9.17) is 4.74 Å². The number of urea groups is 1. The van der Waals surface area contributed by atoms with Crippen molar-refractivity contribution < 1.29 is 14.3 Å². The van der Waals surface area contributed by atoms with Gasteiger partial charge in [0.25, 0.3) is 5.91 Å². The van der Waals surface area contributed by atoms with Gasteiger partial charge in [-0.25, -0.2) is 4.79 Å². The van der Waals surface area contributed by atoms with Crippen molar-refractivity contribution in [2.45, 2.75) is 13.2 Å². The van der Waals surface area contributed by atoms with Crippen LogP contribution in [-0.4, -0.2) is 16.8 Å². The number of imide groups is 1. The number of rotatable bonds is 6. The van der Waals surface area contributed by atoms with E-state index in [1.54, 1.807) is 12.1 Å². The van der Waals surface area contributed by atoms with Gasteiger partial charge >= 0.3 is 6.03 Å². The van der Waals surface area contributed by atoms with Gasteiger partial charge in [-0.2, -0.15) is 5.26 Å². The Morgan fingerprint density at radius 1 is 1.03 bits per heavy atom. The molecular weight excluding hydrogens is 517 g/mol. The SMILES string of the molecule is N#Cc1ccccc1COc1ccc(/C=C2/NC(=O)N(Cc3ccccc3)C2=O)cc1I. The predicted molar refractivity (Wildman–Crippen MR) is 128 cm³/mol. The number of hydrogen-bond acceptors (Lipinski definition) is 4. The predicted octanol–water partition coefficient (Wildman–Crippen LogP) is 4.83. The van der Waals surface area contributed by atoms with Crippen LogP contribution >= 0.6 is 22.6 Å². The number of carbonyl (C=O) groups excluding carboxylic acids is 2. The highest BCUT2D eigenvalue weighted by Gasteiger charge is 2.33. The molecule has 1 fully saturated rings. The number of nitrogens with zero attached hydrogens (tertiary/aromatic N) is 2. The molecule has 32 heavy (non-hydrogen) atoms. The number of hydrogen-bond donors (Lipinski definition) is 1. The maximum absolute atomic E-state index is 12.7. The summed E-state index contributed by atoms with van der Waals surface area (Å²) in [7, 11) is 0. The molecule has 0 aromatic heterocycles. The largest absolute Gasteiger partial charge is 0.488 e. The van der Waals surface area contributed by atoms with Crippen molar-refractivity contribution in [3.8, 4) is 11.8 Å². The molecule has 1 saturated heterocycles. The fraction of sp³-hybridized carbons (Fsp3) is 0.0800. The van der Waals surface area contributed by atoms with Gasteiger partial charge in [-0.1, -0.05) is 54.6 Å². The fourth-order valence-electron chi connectivity index (χ4n) is 3.28. The molecule has 6 nitrogen and oxygen atoms in total. The molecule has 0 atom stereocenters. The molecule has 0 aliphatic carbocycles. The number of nitriles is 1. The Morgan fingerprint density at radius 3 is 2.53 bits per heavy atom. The number of benzene rings is 3. The van der Waals surface area contributed by atoms with Crippen LogP contribution in [0, 0.1) is 14.9 Å². The van der Waals surface area contributed by atoms with E-state index in [1.807, 2.05) is 66.7 Å². The molecule has 1 aliphatic heterocycles. The summed E-state index contributed by atoms with van der Waals surface area (Å²) in [5.41, 5.74) is 3.28. The molecule has 1 N–H and O–H groups in total. The highest BCUT2D eigenvalue weighted by molar-refractivity contribution is 14.1. The summed E-state index contributed by atoms with van der Waals surface area (Å²) in [5, 5.41) is 11.9. The van der Waals surface area contributed by atoms with Gasteiger partial charge in [0.05, 0.1) is 21.7 Å². The fourth-order valence-corrected chi connectivity index (χ4v) is 3.98. The minimum atomic E-state index is -0.434.